The monoisotopic (exact) mass is 1160 g/mol. The zero-order valence-electron chi connectivity index (χ0n) is 38.1. The van der Waals surface area contributed by atoms with Crippen LogP contribution < -0.4 is 34.8 Å². The number of rotatable bonds is 12. The van der Waals surface area contributed by atoms with Gasteiger partial charge in [-0.15, -0.1) is 34.0 Å². The standard InChI is InChI=1S/C16H16ClNO2S.C15H14ClNO6S2.C15H14ClNO2S.CH2O3.3CH4.Na/c1-20-16(19)15(12-4-2-3-5-13(12)17)18-8-6-14-11(10-18)7-9-21-14;16-12-4-2-1-3-11(12)14(15(18)22-25(20,21)23-19)17-7-5-13-10(9-17)6-8-24-13;16-12-4-2-1-3-11(12)14(15(18)19)17-7-5-13-10(9-17)6-8-20-13;2-1-4-3;;;;/h2-5,7,9,15H,6,8,10H2,1H3;1-4,6,8,14,19H,5,7,9H2;1-4,6,8,14H,5,7,9H2,(H,18,19);1,3H;3*1H4;/q;;;;;;;+1/p-1/t15-;2*14-;;;;;/m000...../s1. The van der Waals surface area contributed by atoms with E-state index in [0.29, 0.717) is 45.8 Å². The number of hydrogen-bond acceptors (Lipinski definition) is 18. The minimum atomic E-state index is -4.83. The molecule has 0 fully saturated rings. The molecule has 16 nitrogen and oxygen atoms in total. The van der Waals surface area contributed by atoms with Crippen LogP contribution in [-0.4, -0.2) is 84.6 Å². The maximum Gasteiger partial charge on any atom is 1.00 e. The van der Waals surface area contributed by atoms with Crippen LogP contribution in [-0.2, 0) is 86.6 Å². The molecule has 0 saturated carbocycles. The number of halogens is 3. The van der Waals surface area contributed by atoms with E-state index < -0.39 is 40.5 Å². The number of nitrogens with zero attached hydrogens (tertiary/aromatic N) is 3. The van der Waals surface area contributed by atoms with Crippen molar-refractivity contribution in [2.45, 2.75) is 79.3 Å². The Labute approximate surface area is 481 Å². The number of benzene rings is 3. The fourth-order valence-corrected chi connectivity index (χ4v) is 12.0. The Balaban J connectivity index is 0.000000359. The van der Waals surface area contributed by atoms with E-state index in [2.05, 4.69) is 41.2 Å². The molecule has 0 unspecified atom stereocenters. The maximum atomic E-state index is 12.5. The summed E-state index contributed by atoms with van der Waals surface area (Å²) >= 11 is 23.8. The van der Waals surface area contributed by atoms with Crippen molar-refractivity contribution in [2.75, 3.05) is 26.7 Å². The number of carbonyl (C=O) groups excluding carboxylic acids is 3. The van der Waals surface area contributed by atoms with Crippen LogP contribution in [0.1, 0.15) is 88.4 Å². The van der Waals surface area contributed by atoms with E-state index in [0.717, 1.165) is 50.0 Å². The molecule has 74 heavy (non-hydrogen) atoms. The predicted octanol–water partition coefficient (Wildman–Crippen LogP) is 7.38. The summed E-state index contributed by atoms with van der Waals surface area (Å²) in [6.07, 6.45) is 2.59. The van der Waals surface area contributed by atoms with Gasteiger partial charge in [0.2, 0.25) is 0 Å². The van der Waals surface area contributed by atoms with E-state index in [4.69, 9.17) is 54.8 Å². The molecule has 0 aliphatic carbocycles. The van der Waals surface area contributed by atoms with Crippen molar-refractivity contribution in [2.24, 2.45) is 0 Å². The van der Waals surface area contributed by atoms with E-state index in [1.54, 1.807) is 75.3 Å². The summed E-state index contributed by atoms with van der Waals surface area (Å²) in [5, 5.41) is 34.0. The third-order valence-corrected chi connectivity index (χ3v) is 16.1. The third-order valence-electron chi connectivity index (χ3n) is 11.4. The van der Waals surface area contributed by atoms with Crippen molar-refractivity contribution >= 4 is 104 Å². The number of esters is 1. The Bertz CT molecular complexity index is 2850. The summed E-state index contributed by atoms with van der Waals surface area (Å²) in [6, 6.07) is 25.3. The number of carbonyl (C=O) groups is 4. The van der Waals surface area contributed by atoms with Crippen LogP contribution in [0.4, 0.5) is 0 Å². The second kappa shape index (κ2) is 32.1. The summed E-state index contributed by atoms with van der Waals surface area (Å²) in [5.41, 5.74) is 5.50. The average molecular weight is 1170 g/mol. The Kier molecular flexibility index (Phi) is 28.7. The normalized spacial score (nSPS) is 14.9. The van der Waals surface area contributed by atoms with E-state index in [1.165, 1.54) is 32.9 Å². The molecule has 3 aliphatic rings. The summed E-state index contributed by atoms with van der Waals surface area (Å²) in [7, 11) is -3.41. The molecule has 0 spiro atoms. The predicted molar refractivity (Wildman–Crippen MR) is 284 cm³/mol. The molecule has 396 valence electrons. The van der Waals surface area contributed by atoms with Crippen molar-refractivity contribution in [3.05, 3.63) is 170 Å². The first-order chi connectivity index (χ1) is 33.7. The van der Waals surface area contributed by atoms with Gasteiger partial charge in [-0.25, -0.2) is 14.8 Å². The number of thiophene rings is 3. The SMILES string of the molecule is C.C.C.COC(=O)[C@H](c1ccccc1Cl)N1CCc2sccc2C1.O=C(O)[C@H](c1ccccc1Cl)N1CCc2sccc2C1.O=C(OS(=O)(=O)OO)[C@H](c1ccccc1Cl)N1CCc2sccc2C1.O=CO[O-].[Na+]. The summed E-state index contributed by atoms with van der Waals surface area (Å²) in [5.74, 6) is -2.21. The molecule has 3 aromatic heterocycles. The number of aliphatic carboxylic acids is 1. The number of fused-ring (bicyclic) bond motifs is 3. The molecule has 6 aromatic rings. The summed E-state index contributed by atoms with van der Waals surface area (Å²) in [4.78, 5) is 57.7. The van der Waals surface area contributed by atoms with Crippen LogP contribution in [0.15, 0.2) is 107 Å². The van der Waals surface area contributed by atoms with Gasteiger partial charge in [0.1, 0.15) is 18.1 Å². The largest absolute Gasteiger partial charge is 1.00 e. The van der Waals surface area contributed by atoms with Crippen molar-refractivity contribution in [3.8, 4) is 0 Å². The van der Waals surface area contributed by atoms with Crippen LogP contribution >= 0.6 is 68.8 Å². The molecule has 3 aliphatic heterocycles. The molecule has 0 radical (unpaired) electrons. The van der Waals surface area contributed by atoms with Gasteiger partial charge in [-0.3, -0.25) is 24.3 Å². The van der Waals surface area contributed by atoms with Crippen LogP contribution in [0.25, 0.3) is 0 Å². The minimum absolute atomic E-state index is 0. The van der Waals surface area contributed by atoms with Crippen molar-refractivity contribution in [1.29, 1.82) is 0 Å². The second-order valence-electron chi connectivity index (χ2n) is 15.5. The minimum Gasteiger partial charge on any atom is -0.662 e. The molecule has 9 rings (SSSR count). The smallest absolute Gasteiger partial charge is 0.662 e. The number of carboxylic acids is 1. The van der Waals surface area contributed by atoms with E-state index in [9.17, 15) is 27.9 Å². The van der Waals surface area contributed by atoms with Gasteiger partial charge in [-0.05, 0) is 105 Å². The number of methoxy groups -OCH3 is 1. The average Bonchev–Trinajstić information content (AvgIpc) is 4.15. The van der Waals surface area contributed by atoms with Gasteiger partial charge in [-0.1, -0.05) is 116 Å². The van der Waals surface area contributed by atoms with Crippen LogP contribution in [0.3, 0.4) is 0 Å². The van der Waals surface area contributed by atoms with Gasteiger partial charge in [0.25, 0.3) is 6.47 Å². The van der Waals surface area contributed by atoms with Gasteiger partial charge in [0, 0.05) is 69.0 Å². The summed E-state index contributed by atoms with van der Waals surface area (Å²) in [6.45, 7) is 3.79. The van der Waals surface area contributed by atoms with Crippen LogP contribution in [0.2, 0.25) is 15.1 Å². The number of hydrogen-bond donors (Lipinski definition) is 2. The molecule has 0 bridgehead atoms. The molecular formula is C50H57Cl3N3NaO13S4. The van der Waals surface area contributed by atoms with E-state index in [1.807, 2.05) is 52.7 Å². The fraction of sp³-hybridized carbons (Fsp3) is 0.320. The molecule has 0 saturated heterocycles. The van der Waals surface area contributed by atoms with E-state index in [-0.39, 0.29) is 64.3 Å². The number of ether oxygens (including phenoxy) is 1. The maximum absolute atomic E-state index is 12.5. The van der Waals surface area contributed by atoms with Gasteiger partial charge < -0.3 is 24.2 Å². The van der Waals surface area contributed by atoms with Gasteiger partial charge in [0.15, 0.2) is 0 Å². The fourth-order valence-electron chi connectivity index (χ4n) is 8.27. The first-order valence-corrected chi connectivity index (χ1v) is 26.3. The first-order valence-electron chi connectivity index (χ1n) is 21.1. The van der Waals surface area contributed by atoms with Crippen LogP contribution in [0.5, 0.6) is 0 Å². The first kappa shape index (κ1) is 66.3. The van der Waals surface area contributed by atoms with Gasteiger partial charge in [0.05, 0.1) is 7.11 Å². The zero-order valence-corrected chi connectivity index (χ0v) is 45.6. The van der Waals surface area contributed by atoms with Crippen molar-refractivity contribution < 1.29 is 90.9 Å². The zero-order chi connectivity index (χ0) is 50.4. The molecule has 24 heteroatoms. The van der Waals surface area contributed by atoms with Crippen molar-refractivity contribution in [3.63, 3.8) is 0 Å². The molecule has 3 atom stereocenters. The molecule has 2 N–H and O–H groups in total. The van der Waals surface area contributed by atoms with Crippen LogP contribution in [0, 0.1) is 0 Å². The topological polar surface area (TPSA) is 213 Å². The van der Waals surface area contributed by atoms with Crippen molar-refractivity contribution in [1.82, 2.24) is 14.7 Å². The molecular weight excluding hydrogens is 1110 g/mol. The molecule has 6 heterocycles. The summed E-state index contributed by atoms with van der Waals surface area (Å²) < 4.78 is 35.2. The Morgan fingerprint density at radius 3 is 1.26 bits per heavy atom. The quantitative estimate of drug-likeness (QED) is 0.0402. The second-order valence-corrected chi connectivity index (χ2v) is 20.8. The molecule has 3 aromatic carbocycles. The van der Waals surface area contributed by atoms with Gasteiger partial charge in [-0.2, -0.15) is 8.42 Å². The Morgan fingerprint density at radius 1 is 0.622 bits per heavy atom. The molecule has 0 amide bonds. The van der Waals surface area contributed by atoms with E-state index >= 15 is 0 Å². The number of carboxylic acid groups (broad SMARTS) is 1. The Hall–Kier alpha value is -3.78. The third kappa shape index (κ3) is 17.4. The Morgan fingerprint density at radius 2 is 0.946 bits per heavy atom. The van der Waals surface area contributed by atoms with Gasteiger partial charge >= 0.3 is 57.9 Å².